The third-order valence-electron chi connectivity index (χ3n) is 7.73. The number of carbonyl (C=O) groups is 2. The minimum absolute atomic E-state index is 0.0226. The quantitative estimate of drug-likeness (QED) is 0.229. The summed E-state index contributed by atoms with van der Waals surface area (Å²) < 4.78 is 39.3. The van der Waals surface area contributed by atoms with Gasteiger partial charge in [0.2, 0.25) is 5.91 Å². The van der Waals surface area contributed by atoms with Gasteiger partial charge in [-0.15, -0.1) is 0 Å². The molecule has 1 heterocycles. The fourth-order valence-corrected chi connectivity index (χ4v) is 4.98. The molecular weight excluding hydrogens is 529 g/mol. The molecule has 6 nitrogen and oxygen atoms in total. The number of nitrogens with one attached hydrogen (secondary N) is 2. The molecule has 4 aromatic rings. The number of H-pyrrole nitrogens is 1. The molecule has 214 valence electrons. The predicted octanol–water partition coefficient (Wildman–Crippen LogP) is 7.07. The molecule has 0 atom stereocenters. The van der Waals surface area contributed by atoms with Crippen LogP contribution in [0.3, 0.4) is 0 Å². The fraction of sp³-hybridized carbons (Fsp3) is 0.312. The maximum absolute atomic E-state index is 13.7. The lowest BCUT2D eigenvalue weighted by Crippen LogP contribution is -2.46. The van der Waals surface area contributed by atoms with Crippen LogP contribution >= 0.6 is 0 Å². The average Bonchev–Trinajstić information content (AvgIpc) is 3.71. The van der Waals surface area contributed by atoms with Crippen molar-refractivity contribution >= 4 is 28.5 Å². The highest BCUT2D eigenvalue weighted by Crippen LogP contribution is 2.30. The predicted molar refractivity (Wildman–Crippen MR) is 154 cm³/mol. The number of fused-ring (bicyclic) bond motifs is 1. The molecule has 0 spiro atoms. The zero-order valence-corrected chi connectivity index (χ0v) is 23.1. The van der Waals surface area contributed by atoms with E-state index in [1.165, 1.54) is 12.1 Å². The van der Waals surface area contributed by atoms with Crippen LogP contribution in [0.1, 0.15) is 40.7 Å². The van der Waals surface area contributed by atoms with Crippen molar-refractivity contribution in [3.8, 4) is 0 Å². The van der Waals surface area contributed by atoms with Gasteiger partial charge in [-0.2, -0.15) is 13.2 Å². The summed E-state index contributed by atoms with van der Waals surface area (Å²) in [6.45, 7) is 4.28. The van der Waals surface area contributed by atoms with Crippen molar-refractivity contribution in [3.63, 3.8) is 0 Å². The van der Waals surface area contributed by atoms with Crippen LogP contribution in [0.25, 0.3) is 10.9 Å². The Bertz CT molecular complexity index is 1540. The number of amides is 3. The highest BCUT2D eigenvalue weighted by Gasteiger charge is 2.35. The Kier molecular flexibility index (Phi) is 8.06. The van der Waals surface area contributed by atoms with Crippen molar-refractivity contribution < 1.29 is 22.8 Å². The van der Waals surface area contributed by atoms with Crippen LogP contribution in [0.15, 0.2) is 72.9 Å². The maximum Gasteiger partial charge on any atom is 0.416 e. The van der Waals surface area contributed by atoms with E-state index in [0.717, 1.165) is 52.6 Å². The Morgan fingerprint density at radius 3 is 2.41 bits per heavy atom. The van der Waals surface area contributed by atoms with Gasteiger partial charge in [0, 0.05) is 41.9 Å². The molecule has 1 aliphatic carbocycles. The second kappa shape index (κ2) is 11.7. The van der Waals surface area contributed by atoms with Gasteiger partial charge in [-0.1, -0.05) is 42.5 Å². The summed E-state index contributed by atoms with van der Waals surface area (Å²) in [5, 5.41) is 4.02. The van der Waals surface area contributed by atoms with Crippen LogP contribution in [0, 0.1) is 13.8 Å². The minimum atomic E-state index is -4.43. The van der Waals surface area contributed by atoms with E-state index in [4.69, 9.17) is 0 Å². The Labute approximate surface area is 237 Å². The number of benzene rings is 3. The molecule has 3 amide bonds. The largest absolute Gasteiger partial charge is 0.416 e. The Balaban J connectivity index is 1.34. The molecule has 41 heavy (non-hydrogen) atoms. The van der Waals surface area contributed by atoms with Gasteiger partial charge < -0.3 is 20.1 Å². The summed E-state index contributed by atoms with van der Waals surface area (Å²) in [7, 11) is 0. The Morgan fingerprint density at radius 2 is 1.71 bits per heavy atom. The second-order valence-electron chi connectivity index (χ2n) is 10.7. The van der Waals surface area contributed by atoms with Gasteiger partial charge in [0.05, 0.1) is 5.56 Å². The summed E-state index contributed by atoms with van der Waals surface area (Å²) >= 11 is 0. The summed E-state index contributed by atoms with van der Waals surface area (Å²) in [6, 6.07) is 18.1. The highest BCUT2D eigenvalue weighted by molar-refractivity contribution is 5.93. The first-order valence-corrected chi connectivity index (χ1v) is 13.7. The number of para-hydroxylation sites is 1. The van der Waals surface area contributed by atoms with Gasteiger partial charge in [0.1, 0.15) is 6.54 Å². The number of aromatic amines is 1. The smallest absolute Gasteiger partial charge is 0.361 e. The molecular formula is C32H33F3N4O2. The summed E-state index contributed by atoms with van der Waals surface area (Å²) in [5.74, 6) is -0.257. The molecule has 5 rings (SSSR count). The van der Waals surface area contributed by atoms with Gasteiger partial charge >= 0.3 is 12.2 Å². The van der Waals surface area contributed by atoms with E-state index in [1.807, 2.05) is 62.5 Å². The second-order valence-corrected chi connectivity index (χ2v) is 10.7. The van der Waals surface area contributed by atoms with E-state index in [-0.39, 0.29) is 31.1 Å². The first kappa shape index (κ1) is 28.3. The molecule has 0 unspecified atom stereocenters. The molecule has 0 radical (unpaired) electrons. The van der Waals surface area contributed by atoms with E-state index in [9.17, 15) is 22.8 Å². The van der Waals surface area contributed by atoms with E-state index in [1.54, 1.807) is 9.80 Å². The first-order chi connectivity index (χ1) is 19.6. The number of aromatic nitrogens is 1. The van der Waals surface area contributed by atoms with Crippen LogP contribution in [0.5, 0.6) is 0 Å². The lowest BCUT2D eigenvalue weighted by molar-refractivity contribution is -0.137. The summed E-state index contributed by atoms with van der Waals surface area (Å²) in [5.41, 5.74) is 4.60. The lowest BCUT2D eigenvalue weighted by Gasteiger charge is -2.28. The molecule has 0 bridgehead atoms. The maximum atomic E-state index is 13.7. The van der Waals surface area contributed by atoms with Crippen molar-refractivity contribution in [2.45, 2.75) is 51.9 Å². The van der Waals surface area contributed by atoms with Crippen molar-refractivity contribution in [1.82, 2.24) is 14.8 Å². The van der Waals surface area contributed by atoms with Crippen LogP contribution in [0.4, 0.5) is 23.7 Å². The standard InChI is InChI=1S/C32H33F3N4O2/c1-21-6-5-9-28(22(21)2)37-31(41)39(26-14-15-26)20-30(40)38(19-23-10-12-25(13-11-23)32(33,34)35)17-16-24-18-36-29-8-4-3-7-27(24)29/h3-13,18,26,36H,14-17,19-20H2,1-2H3,(H,37,41). The topological polar surface area (TPSA) is 68.4 Å². The van der Waals surface area contributed by atoms with Crippen LogP contribution < -0.4 is 5.32 Å². The molecule has 1 aliphatic rings. The molecule has 0 aliphatic heterocycles. The molecule has 1 saturated carbocycles. The SMILES string of the molecule is Cc1cccc(NC(=O)N(CC(=O)N(CCc2c[nH]c3ccccc23)Cc2ccc(C(F)(F)F)cc2)C2CC2)c1C. The number of nitrogens with zero attached hydrogens (tertiary/aromatic N) is 2. The van der Waals surface area contributed by atoms with Crippen molar-refractivity contribution in [2.75, 3.05) is 18.4 Å². The number of aryl methyl sites for hydroxylation is 1. The molecule has 3 aromatic carbocycles. The van der Waals surface area contributed by atoms with Gasteiger partial charge in [0.25, 0.3) is 0 Å². The van der Waals surface area contributed by atoms with Crippen molar-refractivity contribution in [2.24, 2.45) is 0 Å². The van der Waals surface area contributed by atoms with Crippen molar-refractivity contribution in [1.29, 1.82) is 0 Å². The normalized spacial score (nSPS) is 13.3. The molecule has 2 N–H and O–H groups in total. The van der Waals surface area contributed by atoms with E-state index < -0.39 is 11.7 Å². The van der Waals surface area contributed by atoms with Crippen LogP contribution in [-0.4, -0.2) is 45.9 Å². The Hall–Kier alpha value is -4.27. The summed E-state index contributed by atoms with van der Waals surface area (Å²) in [6.07, 6.45) is -0.325. The minimum Gasteiger partial charge on any atom is -0.361 e. The fourth-order valence-electron chi connectivity index (χ4n) is 4.98. The van der Waals surface area contributed by atoms with Gasteiger partial charge in [-0.25, -0.2) is 4.79 Å². The number of alkyl halides is 3. The van der Waals surface area contributed by atoms with E-state index in [2.05, 4.69) is 10.3 Å². The molecule has 1 aromatic heterocycles. The average molecular weight is 563 g/mol. The lowest BCUT2D eigenvalue weighted by atomic mass is 10.1. The first-order valence-electron chi connectivity index (χ1n) is 13.7. The van der Waals surface area contributed by atoms with Gasteiger partial charge in [0.15, 0.2) is 0 Å². The molecule has 9 heteroatoms. The van der Waals surface area contributed by atoms with E-state index >= 15 is 0 Å². The third kappa shape index (κ3) is 6.73. The number of anilines is 1. The zero-order valence-electron chi connectivity index (χ0n) is 23.1. The highest BCUT2D eigenvalue weighted by atomic mass is 19.4. The van der Waals surface area contributed by atoms with Crippen LogP contribution in [0.2, 0.25) is 0 Å². The zero-order chi connectivity index (χ0) is 29.1. The molecule has 1 fully saturated rings. The van der Waals surface area contributed by atoms with Gasteiger partial charge in [-0.3, -0.25) is 4.79 Å². The Morgan fingerprint density at radius 1 is 0.976 bits per heavy atom. The molecule has 0 saturated heterocycles. The number of urea groups is 1. The third-order valence-corrected chi connectivity index (χ3v) is 7.73. The van der Waals surface area contributed by atoms with Crippen molar-refractivity contribution in [3.05, 3.63) is 101 Å². The number of halogens is 3. The number of hydrogen-bond donors (Lipinski definition) is 2. The van der Waals surface area contributed by atoms with Gasteiger partial charge in [-0.05, 0) is 79.6 Å². The number of hydrogen-bond acceptors (Lipinski definition) is 2. The van der Waals surface area contributed by atoms with Crippen LogP contribution in [-0.2, 0) is 23.9 Å². The number of carbonyl (C=O) groups excluding carboxylic acids is 2. The van der Waals surface area contributed by atoms with E-state index in [0.29, 0.717) is 24.2 Å². The monoisotopic (exact) mass is 562 g/mol. The number of rotatable bonds is 9. The summed E-state index contributed by atoms with van der Waals surface area (Å²) in [4.78, 5) is 33.5.